The van der Waals surface area contributed by atoms with Crippen LogP contribution in [-0.4, -0.2) is 43.0 Å². The van der Waals surface area contributed by atoms with Crippen LogP contribution in [0.2, 0.25) is 0 Å². The van der Waals surface area contributed by atoms with E-state index in [1.807, 2.05) is 0 Å². The molecule has 2 nitrogen and oxygen atoms in total. The molecule has 112 valence electrons. The monoisotopic (exact) mass is 274 g/mol. The second kappa shape index (κ2) is 6.73. The Hall–Kier alpha value is -0.860. The minimum atomic E-state index is 0.307. The zero-order chi connectivity index (χ0) is 14.6. The first kappa shape index (κ1) is 15.5. The summed E-state index contributed by atoms with van der Waals surface area (Å²) in [7, 11) is 2.21. The Bertz CT molecular complexity index is 400. The molecule has 0 bridgehead atoms. The van der Waals surface area contributed by atoms with E-state index in [9.17, 15) is 0 Å². The first-order valence-corrected chi connectivity index (χ1v) is 8.01. The van der Waals surface area contributed by atoms with Crippen LogP contribution in [0, 0.1) is 0 Å². The molecule has 0 unspecified atom stereocenters. The van der Waals surface area contributed by atoms with Gasteiger partial charge in [0, 0.05) is 32.7 Å². The first-order chi connectivity index (χ1) is 9.51. The summed E-state index contributed by atoms with van der Waals surface area (Å²) in [5.41, 5.74) is 3.23. The zero-order valence-corrected chi connectivity index (χ0v) is 13.7. The lowest BCUT2D eigenvalue weighted by Crippen LogP contribution is -2.43. The predicted molar refractivity (Wildman–Crippen MR) is 87.2 cm³/mol. The predicted octanol–water partition coefficient (Wildman–Crippen LogP) is 3.51. The number of rotatable bonds is 5. The van der Waals surface area contributed by atoms with Gasteiger partial charge in [-0.2, -0.15) is 0 Å². The van der Waals surface area contributed by atoms with Crippen molar-refractivity contribution in [2.24, 2.45) is 0 Å². The van der Waals surface area contributed by atoms with Crippen LogP contribution in [0.4, 0.5) is 0 Å². The maximum atomic E-state index is 2.56. The van der Waals surface area contributed by atoms with Crippen LogP contribution in [-0.2, 0) is 12.0 Å². The minimum Gasteiger partial charge on any atom is -0.304 e. The smallest absolute Gasteiger partial charge is 0.0234 e. The third-order valence-corrected chi connectivity index (χ3v) is 4.61. The highest BCUT2D eigenvalue weighted by atomic mass is 15.2. The van der Waals surface area contributed by atoms with Crippen molar-refractivity contribution in [3.05, 3.63) is 35.4 Å². The van der Waals surface area contributed by atoms with E-state index in [0.29, 0.717) is 5.41 Å². The highest BCUT2D eigenvalue weighted by Gasteiger charge is 2.19. The summed E-state index contributed by atoms with van der Waals surface area (Å²) in [5, 5.41) is 0. The Morgan fingerprint density at radius 3 is 2.15 bits per heavy atom. The van der Waals surface area contributed by atoms with Gasteiger partial charge in [0.15, 0.2) is 0 Å². The lowest BCUT2D eigenvalue weighted by Gasteiger charge is -2.32. The van der Waals surface area contributed by atoms with Crippen molar-refractivity contribution >= 4 is 0 Å². The van der Waals surface area contributed by atoms with E-state index in [2.05, 4.69) is 61.9 Å². The van der Waals surface area contributed by atoms with E-state index in [-0.39, 0.29) is 0 Å². The van der Waals surface area contributed by atoms with Crippen molar-refractivity contribution in [2.45, 2.75) is 45.6 Å². The molecule has 2 heteroatoms. The molecule has 0 N–H and O–H groups in total. The molecule has 1 fully saturated rings. The number of hydrogen-bond donors (Lipinski definition) is 0. The minimum absolute atomic E-state index is 0.307. The van der Waals surface area contributed by atoms with E-state index in [1.54, 1.807) is 0 Å². The quantitative estimate of drug-likeness (QED) is 0.810. The van der Waals surface area contributed by atoms with E-state index in [1.165, 1.54) is 50.1 Å². The Balaban J connectivity index is 1.94. The van der Waals surface area contributed by atoms with Gasteiger partial charge in [-0.25, -0.2) is 0 Å². The van der Waals surface area contributed by atoms with Gasteiger partial charge in [-0.05, 0) is 30.0 Å². The lowest BCUT2D eigenvalue weighted by molar-refractivity contribution is 0.148. The summed E-state index contributed by atoms with van der Waals surface area (Å²) in [4.78, 5) is 4.97. The summed E-state index contributed by atoms with van der Waals surface area (Å²) < 4.78 is 0. The molecule has 0 radical (unpaired) electrons. The number of hydrogen-bond acceptors (Lipinski definition) is 2. The highest BCUT2D eigenvalue weighted by Crippen LogP contribution is 2.28. The van der Waals surface area contributed by atoms with Gasteiger partial charge in [0.25, 0.3) is 0 Å². The molecule has 1 aliphatic rings. The molecule has 0 spiro atoms. The van der Waals surface area contributed by atoms with Crippen molar-refractivity contribution in [1.29, 1.82) is 0 Å². The molecule has 0 aromatic heterocycles. The van der Waals surface area contributed by atoms with Crippen LogP contribution >= 0.6 is 0 Å². The molecule has 0 atom stereocenters. The standard InChI is InChI=1S/C18H30N2/c1-5-10-18(2,3)17-8-6-16(7-9-17)15-20-13-11-19(4)12-14-20/h6-9H,5,10-15H2,1-4H3. The van der Waals surface area contributed by atoms with Crippen LogP contribution in [0.1, 0.15) is 44.7 Å². The Morgan fingerprint density at radius 1 is 1.00 bits per heavy atom. The highest BCUT2D eigenvalue weighted by molar-refractivity contribution is 5.28. The van der Waals surface area contributed by atoms with Crippen molar-refractivity contribution in [1.82, 2.24) is 9.80 Å². The Morgan fingerprint density at radius 2 is 1.60 bits per heavy atom. The molecule has 1 aromatic rings. The molecule has 1 saturated heterocycles. The van der Waals surface area contributed by atoms with Crippen molar-refractivity contribution in [3.8, 4) is 0 Å². The van der Waals surface area contributed by atoms with E-state index in [4.69, 9.17) is 0 Å². The summed E-state index contributed by atoms with van der Waals surface area (Å²) >= 11 is 0. The van der Waals surface area contributed by atoms with Crippen LogP contribution < -0.4 is 0 Å². The first-order valence-electron chi connectivity index (χ1n) is 8.01. The van der Waals surface area contributed by atoms with Crippen LogP contribution in [0.5, 0.6) is 0 Å². The Kier molecular flexibility index (Phi) is 5.22. The van der Waals surface area contributed by atoms with Gasteiger partial charge in [0.2, 0.25) is 0 Å². The summed E-state index contributed by atoms with van der Waals surface area (Å²) in [5.74, 6) is 0. The van der Waals surface area contributed by atoms with E-state index >= 15 is 0 Å². The maximum absolute atomic E-state index is 2.56. The molecular weight excluding hydrogens is 244 g/mol. The fraction of sp³-hybridized carbons (Fsp3) is 0.667. The fourth-order valence-corrected chi connectivity index (χ4v) is 3.09. The number of benzene rings is 1. The second-order valence-electron chi connectivity index (χ2n) is 6.91. The Labute approximate surface area is 124 Å². The van der Waals surface area contributed by atoms with Crippen LogP contribution in [0.3, 0.4) is 0 Å². The lowest BCUT2D eigenvalue weighted by atomic mass is 9.80. The molecule has 20 heavy (non-hydrogen) atoms. The van der Waals surface area contributed by atoms with Crippen LogP contribution in [0.15, 0.2) is 24.3 Å². The van der Waals surface area contributed by atoms with Gasteiger partial charge in [-0.3, -0.25) is 4.90 Å². The maximum Gasteiger partial charge on any atom is 0.0234 e. The third-order valence-electron chi connectivity index (χ3n) is 4.61. The summed E-state index contributed by atoms with van der Waals surface area (Å²) in [6, 6.07) is 9.32. The van der Waals surface area contributed by atoms with Crippen molar-refractivity contribution in [3.63, 3.8) is 0 Å². The van der Waals surface area contributed by atoms with Gasteiger partial charge in [-0.1, -0.05) is 51.5 Å². The molecule has 0 saturated carbocycles. The number of piperazine rings is 1. The van der Waals surface area contributed by atoms with Crippen molar-refractivity contribution < 1.29 is 0 Å². The average Bonchev–Trinajstić information content (AvgIpc) is 2.42. The van der Waals surface area contributed by atoms with Crippen molar-refractivity contribution in [2.75, 3.05) is 33.2 Å². The van der Waals surface area contributed by atoms with Gasteiger partial charge in [-0.15, -0.1) is 0 Å². The number of likely N-dealkylation sites (N-methyl/N-ethyl adjacent to an activating group) is 1. The number of nitrogens with zero attached hydrogens (tertiary/aromatic N) is 2. The van der Waals surface area contributed by atoms with Gasteiger partial charge in [0.05, 0.1) is 0 Å². The molecule has 1 heterocycles. The van der Waals surface area contributed by atoms with Crippen LogP contribution in [0.25, 0.3) is 0 Å². The third kappa shape index (κ3) is 4.07. The fourth-order valence-electron chi connectivity index (χ4n) is 3.09. The molecule has 0 amide bonds. The normalized spacial score (nSPS) is 18.4. The summed E-state index contributed by atoms with van der Waals surface area (Å²) in [6.45, 7) is 12.9. The molecule has 1 aliphatic heterocycles. The van der Waals surface area contributed by atoms with Gasteiger partial charge < -0.3 is 4.90 Å². The topological polar surface area (TPSA) is 6.48 Å². The largest absolute Gasteiger partial charge is 0.304 e. The van der Waals surface area contributed by atoms with Gasteiger partial charge in [0.1, 0.15) is 0 Å². The SMILES string of the molecule is CCCC(C)(C)c1ccc(CN2CCN(C)CC2)cc1. The average molecular weight is 274 g/mol. The second-order valence-corrected chi connectivity index (χ2v) is 6.91. The van der Waals surface area contributed by atoms with E-state index < -0.39 is 0 Å². The van der Waals surface area contributed by atoms with E-state index in [0.717, 1.165) is 6.54 Å². The molecule has 0 aliphatic carbocycles. The molecular formula is C18H30N2. The summed E-state index contributed by atoms with van der Waals surface area (Å²) in [6.07, 6.45) is 2.50. The molecule has 2 rings (SSSR count). The zero-order valence-electron chi connectivity index (χ0n) is 13.7. The molecule has 1 aromatic carbocycles. The van der Waals surface area contributed by atoms with Gasteiger partial charge >= 0.3 is 0 Å².